The molecular formula is C13H16ClFN2O2. The first-order valence-electron chi connectivity index (χ1n) is 6.15. The van der Waals surface area contributed by atoms with Gasteiger partial charge in [-0.1, -0.05) is 17.7 Å². The van der Waals surface area contributed by atoms with Crippen molar-refractivity contribution in [1.29, 1.82) is 0 Å². The Labute approximate surface area is 116 Å². The second kappa shape index (κ2) is 6.32. The smallest absolute Gasteiger partial charge is 0.317 e. The normalized spacial score (nSPS) is 17.6. The van der Waals surface area contributed by atoms with Crippen LogP contribution in [0.3, 0.4) is 0 Å². The van der Waals surface area contributed by atoms with E-state index in [9.17, 15) is 9.18 Å². The van der Waals surface area contributed by atoms with Gasteiger partial charge in [0.1, 0.15) is 5.82 Å². The third-order valence-electron chi connectivity index (χ3n) is 3.21. The minimum Gasteiger partial charge on any atom is -0.480 e. The molecular weight excluding hydrogens is 271 g/mol. The molecule has 0 unspecified atom stereocenters. The SMILES string of the molecule is O=C(O)CN1CCN(Cc2ccc(F)c(Cl)c2)CC1. The molecule has 1 heterocycles. The first-order chi connectivity index (χ1) is 9.04. The van der Waals surface area contributed by atoms with Gasteiger partial charge in [0.25, 0.3) is 0 Å². The monoisotopic (exact) mass is 286 g/mol. The van der Waals surface area contributed by atoms with Crippen LogP contribution < -0.4 is 0 Å². The molecule has 0 aromatic heterocycles. The van der Waals surface area contributed by atoms with Crippen molar-refractivity contribution in [2.45, 2.75) is 6.54 Å². The number of halogens is 2. The zero-order valence-corrected chi connectivity index (χ0v) is 11.2. The molecule has 0 radical (unpaired) electrons. The van der Waals surface area contributed by atoms with Crippen LogP contribution in [0.4, 0.5) is 4.39 Å². The van der Waals surface area contributed by atoms with Crippen LogP contribution in [-0.2, 0) is 11.3 Å². The highest BCUT2D eigenvalue weighted by Crippen LogP contribution is 2.17. The lowest BCUT2D eigenvalue weighted by Gasteiger charge is -2.33. The fraction of sp³-hybridized carbons (Fsp3) is 0.462. The second-order valence-corrected chi connectivity index (χ2v) is 5.10. The molecule has 1 fully saturated rings. The van der Waals surface area contributed by atoms with Crippen molar-refractivity contribution < 1.29 is 14.3 Å². The maximum Gasteiger partial charge on any atom is 0.317 e. The lowest BCUT2D eigenvalue weighted by Crippen LogP contribution is -2.47. The molecule has 19 heavy (non-hydrogen) atoms. The molecule has 104 valence electrons. The maximum atomic E-state index is 13.0. The Kier molecular flexibility index (Phi) is 4.74. The first-order valence-corrected chi connectivity index (χ1v) is 6.53. The van der Waals surface area contributed by atoms with E-state index in [4.69, 9.17) is 16.7 Å². The van der Waals surface area contributed by atoms with Gasteiger partial charge in [-0.05, 0) is 17.7 Å². The number of hydrogen-bond acceptors (Lipinski definition) is 3. The number of nitrogens with zero attached hydrogens (tertiary/aromatic N) is 2. The van der Waals surface area contributed by atoms with Gasteiger partial charge < -0.3 is 5.11 Å². The average Bonchev–Trinajstić information content (AvgIpc) is 2.36. The molecule has 1 N–H and O–H groups in total. The Morgan fingerprint density at radius 2 is 1.89 bits per heavy atom. The molecule has 0 saturated carbocycles. The van der Waals surface area contributed by atoms with E-state index < -0.39 is 11.8 Å². The van der Waals surface area contributed by atoms with E-state index in [0.29, 0.717) is 6.54 Å². The van der Waals surface area contributed by atoms with Gasteiger partial charge >= 0.3 is 5.97 Å². The topological polar surface area (TPSA) is 43.8 Å². The summed E-state index contributed by atoms with van der Waals surface area (Å²) in [5.41, 5.74) is 0.970. The van der Waals surface area contributed by atoms with E-state index in [0.717, 1.165) is 31.7 Å². The van der Waals surface area contributed by atoms with Gasteiger partial charge in [0.15, 0.2) is 0 Å². The number of hydrogen-bond donors (Lipinski definition) is 1. The van der Waals surface area contributed by atoms with Crippen LogP contribution in [0.1, 0.15) is 5.56 Å². The summed E-state index contributed by atoms with van der Waals surface area (Å²) in [6.07, 6.45) is 0. The molecule has 0 spiro atoms. The fourth-order valence-electron chi connectivity index (χ4n) is 2.19. The van der Waals surface area contributed by atoms with Crippen molar-refractivity contribution in [1.82, 2.24) is 9.80 Å². The molecule has 1 aromatic rings. The number of piperazine rings is 1. The minimum atomic E-state index is -0.793. The Bertz CT molecular complexity index is 462. The van der Waals surface area contributed by atoms with E-state index >= 15 is 0 Å². The van der Waals surface area contributed by atoms with Crippen LogP contribution in [0.2, 0.25) is 5.02 Å². The van der Waals surface area contributed by atoms with Crippen LogP contribution >= 0.6 is 11.6 Å². The Morgan fingerprint density at radius 3 is 2.47 bits per heavy atom. The molecule has 1 aliphatic heterocycles. The summed E-state index contributed by atoms with van der Waals surface area (Å²) in [4.78, 5) is 14.7. The predicted octanol–water partition coefficient (Wildman–Crippen LogP) is 1.68. The average molecular weight is 287 g/mol. The first kappa shape index (κ1) is 14.2. The van der Waals surface area contributed by atoms with Gasteiger partial charge in [-0.25, -0.2) is 4.39 Å². The van der Waals surface area contributed by atoms with Crippen molar-refractivity contribution in [3.05, 3.63) is 34.6 Å². The molecule has 1 aliphatic rings. The van der Waals surface area contributed by atoms with Crippen LogP contribution in [-0.4, -0.2) is 53.6 Å². The fourth-order valence-corrected chi connectivity index (χ4v) is 2.40. The highest BCUT2D eigenvalue weighted by molar-refractivity contribution is 6.30. The van der Waals surface area contributed by atoms with Crippen molar-refractivity contribution >= 4 is 17.6 Å². The molecule has 6 heteroatoms. The van der Waals surface area contributed by atoms with Crippen molar-refractivity contribution in [2.75, 3.05) is 32.7 Å². The van der Waals surface area contributed by atoms with Crippen LogP contribution in [0.15, 0.2) is 18.2 Å². The maximum absolute atomic E-state index is 13.0. The molecule has 1 aromatic carbocycles. The van der Waals surface area contributed by atoms with E-state index in [-0.39, 0.29) is 11.6 Å². The summed E-state index contributed by atoms with van der Waals surface area (Å²) >= 11 is 5.74. The Balaban J connectivity index is 1.85. The van der Waals surface area contributed by atoms with Crippen molar-refractivity contribution in [3.8, 4) is 0 Å². The number of carbonyl (C=O) groups is 1. The number of rotatable bonds is 4. The lowest BCUT2D eigenvalue weighted by molar-refractivity contribution is -0.138. The molecule has 0 amide bonds. The predicted molar refractivity (Wildman–Crippen MR) is 70.8 cm³/mol. The van der Waals surface area contributed by atoms with Gasteiger partial charge in [-0.2, -0.15) is 0 Å². The van der Waals surface area contributed by atoms with E-state index in [2.05, 4.69) is 4.90 Å². The number of carboxylic acids is 1. The number of carboxylic acid groups (broad SMARTS) is 1. The van der Waals surface area contributed by atoms with Crippen LogP contribution in [0.25, 0.3) is 0 Å². The minimum absolute atomic E-state index is 0.0935. The van der Waals surface area contributed by atoms with Crippen molar-refractivity contribution in [3.63, 3.8) is 0 Å². The summed E-state index contributed by atoms with van der Waals surface area (Å²) in [6.45, 7) is 3.89. The van der Waals surface area contributed by atoms with Crippen LogP contribution in [0.5, 0.6) is 0 Å². The van der Waals surface area contributed by atoms with Gasteiger partial charge in [0.05, 0.1) is 11.6 Å². The largest absolute Gasteiger partial charge is 0.480 e. The highest BCUT2D eigenvalue weighted by Gasteiger charge is 2.18. The summed E-state index contributed by atoms with van der Waals surface area (Å²) in [5, 5.41) is 8.86. The second-order valence-electron chi connectivity index (χ2n) is 4.69. The van der Waals surface area contributed by atoms with E-state index in [1.54, 1.807) is 12.1 Å². The Hall–Kier alpha value is -1.17. The molecule has 0 atom stereocenters. The summed E-state index contributed by atoms with van der Waals surface area (Å²) < 4.78 is 13.0. The quantitative estimate of drug-likeness (QED) is 0.915. The summed E-state index contributed by atoms with van der Waals surface area (Å²) in [6, 6.07) is 4.74. The van der Waals surface area contributed by atoms with Gasteiger partial charge in [0.2, 0.25) is 0 Å². The molecule has 0 bridgehead atoms. The summed E-state index contributed by atoms with van der Waals surface area (Å²) in [7, 11) is 0. The third kappa shape index (κ3) is 4.16. The summed E-state index contributed by atoms with van der Waals surface area (Å²) in [5.74, 6) is -1.20. The van der Waals surface area contributed by atoms with E-state index in [1.807, 2.05) is 4.90 Å². The van der Waals surface area contributed by atoms with Crippen molar-refractivity contribution in [2.24, 2.45) is 0 Å². The third-order valence-corrected chi connectivity index (χ3v) is 3.50. The highest BCUT2D eigenvalue weighted by atomic mass is 35.5. The van der Waals surface area contributed by atoms with Gasteiger partial charge in [0, 0.05) is 32.7 Å². The molecule has 2 rings (SSSR count). The van der Waals surface area contributed by atoms with Crippen LogP contribution in [0, 0.1) is 5.82 Å². The zero-order valence-electron chi connectivity index (χ0n) is 10.5. The number of aliphatic carboxylic acids is 1. The van der Waals surface area contributed by atoms with Gasteiger partial charge in [-0.3, -0.25) is 14.6 Å². The standard InChI is InChI=1S/C13H16ClFN2O2/c14-11-7-10(1-2-12(11)15)8-16-3-5-17(6-4-16)9-13(18)19/h1-2,7H,3-6,8-9H2,(H,18,19). The molecule has 4 nitrogen and oxygen atoms in total. The van der Waals surface area contributed by atoms with E-state index in [1.165, 1.54) is 6.07 Å². The van der Waals surface area contributed by atoms with Gasteiger partial charge in [-0.15, -0.1) is 0 Å². The Morgan fingerprint density at radius 1 is 1.26 bits per heavy atom. The molecule has 1 saturated heterocycles. The lowest BCUT2D eigenvalue weighted by atomic mass is 10.2. The zero-order chi connectivity index (χ0) is 13.8. The number of benzene rings is 1. The molecule has 0 aliphatic carbocycles.